The molecular formula is C17H22N4O. The number of carbonyl (C=O) groups excluding carboxylic acids is 1. The molecule has 5 nitrogen and oxygen atoms in total. The molecule has 3 heterocycles. The number of carbonyl (C=O) groups is 1. The second kappa shape index (κ2) is 5.39. The molecule has 1 aromatic heterocycles. The van der Waals surface area contributed by atoms with Crippen molar-refractivity contribution in [3.63, 3.8) is 0 Å². The minimum Gasteiger partial charge on any atom is -0.345 e. The molecule has 22 heavy (non-hydrogen) atoms. The van der Waals surface area contributed by atoms with E-state index in [-0.39, 0.29) is 5.91 Å². The number of nitrogens with zero attached hydrogens (tertiary/aromatic N) is 3. The Kier molecular flexibility index (Phi) is 3.37. The standard InChI is InChI=1S/C17H22N4O/c1-20-8-2-4-15(20)16-5-3-9-21(16)17(22)12-6-7-13-14(10-12)19-11-18-13/h6-7,10-11,15-16H,2-5,8-9H2,1H3,(H,18,19). The molecule has 0 aliphatic carbocycles. The molecule has 2 aliphatic heterocycles. The molecule has 0 saturated carbocycles. The first-order valence-electron chi connectivity index (χ1n) is 8.18. The number of nitrogens with one attached hydrogen (secondary N) is 1. The van der Waals surface area contributed by atoms with E-state index in [4.69, 9.17) is 0 Å². The van der Waals surface area contributed by atoms with Crippen LogP contribution in [0.15, 0.2) is 24.5 Å². The Balaban J connectivity index is 1.60. The lowest BCUT2D eigenvalue weighted by molar-refractivity contribution is 0.0664. The van der Waals surface area contributed by atoms with Gasteiger partial charge < -0.3 is 14.8 Å². The Bertz CT molecular complexity index is 695. The Morgan fingerprint density at radius 2 is 2.05 bits per heavy atom. The number of aromatic amines is 1. The van der Waals surface area contributed by atoms with Crippen molar-refractivity contribution in [1.29, 1.82) is 0 Å². The summed E-state index contributed by atoms with van der Waals surface area (Å²) < 4.78 is 0. The molecule has 1 N–H and O–H groups in total. The van der Waals surface area contributed by atoms with Gasteiger partial charge in [-0.15, -0.1) is 0 Å². The number of likely N-dealkylation sites (N-methyl/N-ethyl adjacent to an activating group) is 1. The lowest BCUT2D eigenvalue weighted by Gasteiger charge is -2.33. The van der Waals surface area contributed by atoms with Gasteiger partial charge in [-0.1, -0.05) is 0 Å². The maximum absolute atomic E-state index is 13.0. The van der Waals surface area contributed by atoms with Gasteiger partial charge in [-0.25, -0.2) is 4.98 Å². The number of fused-ring (bicyclic) bond motifs is 1. The zero-order valence-electron chi connectivity index (χ0n) is 13.0. The fraction of sp³-hybridized carbons (Fsp3) is 0.529. The van der Waals surface area contributed by atoms with E-state index in [2.05, 4.69) is 26.8 Å². The molecule has 116 valence electrons. The van der Waals surface area contributed by atoms with Crippen molar-refractivity contribution in [2.24, 2.45) is 0 Å². The lowest BCUT2D eigenvalue weighted by atomic mass is 10.0. The van der Waals surface area contributed by atoms with Crippen LogP contribution in [-0.4, -0.2) is 57.9 Å². The Morgan fingerprint density at radius 1 is 1.23 bits per heavy atom. The van der Waals surface area contributed by atoms with Crippen LogP contribution in [-0.2, 0) is 0 Å². The molecule has 1 aromatic carbocycles. The van der Waals surface area contributed by atoms with E-state index in [0.29, 0.717) is 12.1 Å². The SMILES string of the molecule is CN1CCCC1C1CCCN1C(=O)c1ccc2nc[nH]c2c1. The van der Waals surface area contributed by atoms with Gasteiger partial charge in [0.15, 0.2) is 0 Å². The minimum absolute atomic E-state index is 0.166. The van der Waals surface area contributed by atoms with Crippen LogP contribution in [0.4, 0.5) is 0 Å². The van der Waals surface area contributed by atoms with Gasteiger partial charge in [0.1, 0.15) is 0 Å². The number of hydrogen-bond donors (Lipinski definition) is 1. The van der Waals surface area contributed by atoms with Gasteiger partial charge in [-0.05, 0) is 57.5 Å². The lowest BCUT2D eigenvalue weighted by Crippen LogP contribution is -2.47. The van der Waals surface area contributed by atoms with Gasteiger partial charge in [0.25, 0.3) is 5.91 Å². The first kappa shape index (κ1) is 13.8. The van der Waals surface area contributed by atoms with Crippen LogP contribution in [0.2, 0.25) is 0 Å². The first-order chi connectivity index (χ1) is 10.7. The summed E-state index contributed by atoms with van der Waals surface area (Å²) in [5.41, 5.74) is 2.61. The third-order valence-electron chi connectivity index (χ3n) is 5.25. The van der Waals surface area contributed by atoms with Gasteiger partial charge in [0.2, 0.25) is 0 Å². The number of hydrogen-bond acceptors (Lipinski definition) is 3. The summed E-state index contributed by atoms with van der Waals surface area (Å²) in [6.45, 7) is 2.04. The van der Waals surface area contributed by atoms with Gasteiger partial charge in [0.05, 0.1) is 17.4 Å². The van der Waals surface area contributed by atoms with Crippen molar-refractivity contribution < 1.29 is 4.79 Å². The van der Waals surface area contributed by atoms with Crippen LogP contribution < -0.4 is 0 Å². The number of aromatic nitrogens is 2. The third kappa shape index (κ3) is 2.20. The number of amides is 1. The van der Waals surface area contributed by atoms with Crippen molar-refractivity contribution >= 4 is 16.9 Å². The van der Waals surface area contributed by atoms with E-state index >= 15 is 0 Å². The molecular weight excluding hydrogens is 276 g/mol. The van der Waals surface area contributed by atoms with E-state index in [9.17, 15) is 4.79 Å². The van der Waals surface area contributed by atoms with Crippen molar-refractivity contribution in [3.05, 3.63) is 30.1 Å². The summed E-state index contributed by atoms with van der Waals surface area (Å²) in [5.74, 6) is 0.166. The van der Waals surface area contributed by atoms with E-state index in [0.717, 1.165) is 42.5 Å². The topological polar surface area (TPSA) is 52.2 Å². The highest BCUT2D eigenvalue weighted by molar-refractivity contribution is 5.97. The van der Waals surface area contributed by atoms with Gasteiger partial charge in [-0.2, -0.15) is 0 Å². The Morgan fingerprint density at radius 3 is 2.86 bits per heavy atom. The fourth-order valence-electron chi connectivity index (χ4n) is 4.10. The zero-order valence-corrected chi connectivity index (χ0v) is 13.0. The number of imidazole rings is 1. The first-order valence-corrected chi connectivity index (χ1v) is 8.18. The average molecular weight is 298 g/mol. The molecule has 2 fully saturated rings. The summed E-state index contributed by atoms with van der Waals surface area (Å²) >= 11 is 0. The second-order valence-corrected chi connectivity index (χ2v) is 6.53. The molecule has 2 aromatic rings. The second-order valence-electron chi connectivity index (χ2n) is 6.53. The van der Waals surface area contributed by atoms with Gasteiger partial charge in [-0.3, -0.25) is 4.79 Å². The zero-order chi connectivity index (χ0) is 15.1. The van der Waals surface area contributed by atoms with Gasteiger partial charge in [0, 0.05) is 24.2 Å². The van der Waals surface area contributed by atoms with E-state index in [1.807, 2.05) is 18.2 Å². The van der Waals surface area contributed by atoms with Crippen LogP contribution in [0.25, 0.3) is 11.0 Å². The number of likely N-dealkylation sites (tertiary alicyclic amines) is 2. The smallest absolute Gasteiger partial charge is 0.254 e. The average Bonchev–Trinajstić information content (AvgIpc) is 3.25. The Labute approximate surface area is 130 Å². The summed E-state index contributed by atoms with van der Waals surface area (Å²) in [7, 11) is 2.19. The summed E-state index contributed by atoms with van der Waals surface area (Å²) in [4.78, 5) is 24.8. The van der Waals surface area contributed by atoms with Crippen LogP contribution in [0.5, 0.6) is 0 Å². The molecule has 2 aliphatic rings. The van der Waals surface area contributed by atoms with Crippen LogP contribution in [0.3, 0.4) is 0 Å². The highest BCUT2D eigenvalue weighted by Gasteiger charge is 2.38. The number of benzene rings is 1. The maximum Gasteiger partial charge on any atom is 0.254 e. The highest BCUT2D eigenvalue weighted by Crippen LogP contribution is 2.30. The predicted octanol–water partition coefficient (Wildman–Crippen LogP) is 2.26. The highest BCUT2D eigenvalue weighted by atomic mass is 16.2. The van der Waals surface area contributed by atoms with Crippen LogP contribution >= 0.6 is 0 Å². The van der Waals surface area contributed by atoms with E-state index in [1.54, 1.807) is 6.33 Å². The van der Waals surface area contributed by atoms with Crippen molar-refractivity contribution in [2.75, 3.05) is 20.1 Å². The summed E-state index contributed by atoms with van der Waals surface area (Å²) in [5, 5.41) is 0. The van der Waals surface area contributed by atoms with E-state index < -0.39 is 0 Å². The monoisotopic (exact) mass is 298 g/mol. The van der Waals surface area contributed by atoms with Crippen molar-refractivity contribution in [1.82, 2.24) is 19.8 Å². The molecule has 2 saturated heterocycles. The minimum atomic E-state index is 0.166. The third-order valence-corrected chi connectivity index (χ3v) is 5.25. The molecule has 5 heteroatoms. The van der Waals surface area contributed by atoms with Crippen molar-refractivity contribution in [2.45, 2.75) is 37.8 Å². The van der Waals surface area contributed by atoms with Crippen LogP contribution in [0, 0.1) is 0 Å². The maximum atomic E-state index is 13.0. The molecule has 1 amide bonds. The summed E-state index contributed by atoms with van der Waals surface area (Å²) in [6.07, 6.45) is 6.38. The molecule has 2 unspecified atom stereocenters. The van der Waals surface area contributed by atoms with E-state index in [1.165, 1.54) is 12.8 Å². The molecule has 0 radical (unpaired) electrons. The van der Waals surface area contributed by atoms with Gasteiger partial charge >= 0.3 is 0 Å². The van der Waals surface area contributed by atoms with Crippen LogP contribution in [0.1, 0.15) is 36.0 Å². The predicted molar refractivity (Wildman–Crippen MR) is 85.8 cm³/mol. The molecule has 2 atom stereocenters. The normalized spacial score (nSPS) is 26.1. The fourth-order valence-corrected chi connectivity index (χ4v) is 4.10. The molecule has 0 spiro atoms. The molecule has 4 rings (SSSR count). The van der Waals surface area contributed by atoms with Crippen molar-refractivity contribution in [3.8, 4) is 0 Å². The number of H-pyrrole nitrogens is 1. The Hall–Kier alpha value is -1.88. The number of rotatable bonds is 2. The molecule has 0 bridgehead atoms. The quantitative estimate of drug-likeness (QED) is 0.925. The largest absolute Gasteiger partial charge is 0.345 e. The summed E-state index contributed by atoms with van der Waals surface area (Å²) in [6, 6.07) is 6.66.